The molecule has 2 heterocycles. The Balaban J connectivity index is 2.87. The summed E-state index contributed by atoms with van der Waals surface area (Å²) in [5, 5.41) is 3.69. The molecule has 3 nitrogen and oxygen atoms in total. The highest BCUT2D eigenvalue weighted by atomic mass is 127. The van der Waals surface area contributed by atoms with Gasteiger partial charge in [0.25, 0.3) is 0 Å². The Hall–Kier alpha value is -0.490. The molecule has 13 heavy (non-hydrogen) atoms. The maximum absolute atomic E-state index is 6.03. The number of fused-ring (bicyclic) bond motifs is 1. The van der Waals surface area contributed by atoms with E-state index in [1.54, 1.807) is 6.20 Å². The minimum atomic E-state index is 0.664. The van der Waals surface area contributed by atoms with Crippen molar-refractivity contribution in [2.45, 2.75) is 0 Å². The molecule has 0 spiro atoms. The number of nitrogens with one attached hydrogen (secondary N) is 1. The Morgan fingerprint density at radius 1 is 1.54 bits per heavy atom. The van der Waals surface area contributed by atoms with Crippen LogP contribution in [0.5, 0.6) is 0 Å². The summed E-state index contributed by atoms with van der Waals surface area (Å²) in [5.41, 5.74) is 0.887. The van der Waals surface area contributed by atoms with Gasteiger partial charge in [-0.3, -0.25) is 4.40 Å². The smallest absolute Gasteiger partial charge is 0.153 e. The maximum atomic E-state index is 6.03. The topological polar surface area (TPSA) is 29.3 Å². The molecule has 1 N–H and O–H groups in total. The van der Waals surface area contributed by atoms with Crippen LogP contribution in [0.1, 0.15) is 0 Å². The lowest BCUT2D eigenvalue weighted by atomic mass is 10.5. The highest BCUT2D eigenvalue weighted by molar-refractivity contribution is 14.1. The number of rotatable bonds is 1. The summed E-state index contributed by atoms with van der Waals surface area (Å²) in [6.07, 6.45) is 1.77. The molecule has 0 bridgehead atoms. The highest BCUT2D eigenvalue weighted by Crippen LogP contribution is 2.22. The standard InChI is InChI=1S/C8H7ClIN3/c1-11-7-4-12-8-5(10)2-3-6(9)13(7)8/h2-4,11H,1H3. The van der Waals surface area contributed by atoms with Crippen LogP contribution in [0.4, 0.5) is 5.82 Å². The van der Waals surface area contributed by atoms with Crippen molar-refractivity contribution in [1.29, 1.82) is 0 Å². The van der Waals surface area contributed by atoms with Gasteiger partial charge in [0, 0.05) is 7.05 Å². The van der Waals surface area contributed by atoms with E-state index in [2.05, 4.69) is 32.9 Å². The molecule has 0 fully saturated rings. The second kappa shape index (κ2) is 3.34. The van der Waals surface area contributed by atoms with E-state index in [1.807, 2.05) is 23.6 Å². The van der Waals surface area contributed by atoms with Crippen LogP contribution in [-0.4, -0.2) is 16.4 Å². The van der Waals surface area contributed by atoms with Crippen molar-refractivity contribution in [3.05, 3.63) is 27.1 Å². The first-order valence-electron chi connectivity index (χ1n) is 3.73. The zero-order valence-corrected chi connectivity index (χ0v) is 9.80. The molecule has 0 atom stereocenters. The molecule has 0 aliphatic heterocycles. The molecular weight excluding hydrogens is 300 g/mol. The van der Waals surface area contributed by atoms with E-state index in [0.717, 1.165) is 15.0 Å². The van der Waals surface area contributed by atoms with Crippen molar-refractivity contribution >= 4 is 45.7 Å². The zero-order chi connectivity index (χ0) is 9.42. The van der Waals surface area contributed by atoms with E-state index in [0.29, 0.717) is 5.15 Å². The van der Waals surface area contributed by atoms with Gasteiger partial charge in [-0.15, -0.1) is 0 Å². The van der Waals surface area contributed by atoms with Crippen LogP contribution in [0, 0.1) is 3.57 Å². The third-order valence-electron chi connectivity index (χ3n) is 1.81. The Bertz CT molecular complexity index is 452. The molecule has 0 saturated heterocycles. The van der Waals surface area contributed by atoms with Crippen LogP contribution in [0.2, 0.25) is 5.15 Å². The predicted molar refractivity (Wildman–Crippen MR) is 62.5 cm³/mol. The van der Waals surface area contributed by atoms with Gasteiger partial charge >= 0.3 is 0 Å². The molecule has 2 aromatic heterocycles. The number of nitrogens with zero attached hydrogens (tertiary/aromatic N) is 2. The quantitative estimate of drug-likeness (QED) is 0.648. The number of imidazole rings is 1. The Labute approximate surface area is 94.2 Å². The fourth-order valence-electron chi connectivity index (χ4n) is 1.20. The molecule has 68 valence electrons. The van der Waals surface area contributed by atoms with E-state index >= 15 is 0 Å². The lowest BCUT2D eigenvalue weighted by Gasteiger charge is -2.03. The molecule has 0 aliphatic rings. The molecule has 0 amide bonds. The fourth-order valence-corrected chi connectivity index (χ4v) is 2.00. The lowest BCUT2D eigenvalue weighted by molar-refractivity contribution is 1.17. The lowest BCUT2D eigenvalue weighted by Crippen LogP contribution is -1.96. The van der Waals surface area contributed by atoms with Gasteiger partial charge in [-0.1, -0.05) is 11.6 Å². The van der Waals surface area contributed by atoms with Gasteiger partial charge in [0.05, 0.1) is 9.77 Å². The minimum Gasteiger partial charge on any atom is -0.373 e. The number of halogens is 2. The van der Waals surface area contributed by atoms with Gasteiger partial charge in [-0.05, 0) is 34.7 Å². The molecule has 0 radical (unpaired) electrons. The van der Waals surface area contributed by atoms with Crippen LogP contribution in [0.25, 0.3) is 5.65 Å². The molecule has 0 saturated carbocycles. The largest absolute Gasteiger partial charge is 0.373 e. The van der Waals surface area contributed by atoms with Crippen LogP contribution in [0.3, 0.4) is 0 Å². The molecule has 0 aliphatic carbocycles. The fraction of sp³-hybridized carbons (Fsp3) is 0.125. The average Bonchev–Trinajstić information content (AvgIpc) is 2.56. The summed E-state index contributed by atoms with van der Waals surface area (Å²) in [6.45, 7) is 0. The third kappa shape index (κ3) is 1.38. The molecule has 2 aromatic rings. The first kappa shape index (κ1) is 9.08. The van der Waals surface area contributed by atoms with Gasteiger partial charge in [0.2, 0.25) is 0 Å². The van der Waals surface area contributed by atoms with E-state index in [1.165, 1.54) is 0 Å². The zero-order valence-electron chi connectivity index (χ0n) is 6.88. The van der Waals surface area contributed by atoms with Crippen molar-refractivity contribution in [3.63, 3.8) is 0 Å². The number of pyridine rings is 1. The van der Waals surface area contributed by atoms with Crippen LogP contribution >= 0.6 is 34.2 Å². The maximum Gasteiger partial charge on any atom is 0.153 e. The normalized spacial score (nSPS) is 10.7. The second-order valence-electron chi connectivity index (χ2n) is 2.56. The Kier molecular flexibility index (Phi) is 2.33. The first-order chi connectivity index (χ1) is 6.24. The van der Waals surface area contributed by atoms with E-state index in [-0.39, 0.29) is 0 Å². The van der Waals surface area contributed by atoms with Gasteiger partial charge in [0.15, 0.2) is 5.65 Å². The van der Waals surface area contributed by atoms with Crippen molar-refractivity contribution in [3.8, 4) is 0 Å². The second-order valence-corrected chi connectivity index (χ2v) is 4.11. The van der Waals surface area contributed by atoms with Gasteiger partial charge in [-0.2, -0.15) is 0 Å². The van der Waals surface area contributed by atoms with Gasteiger partial charge < -0.3 is 5.32 Å². The van der Waals surface area contributed by atoms with Gasteiger partial charge in [-0.25, -0.2) is 4.98 Å². The van der Waals surface area contributed by atoms with E-state index in [4.69, 9.17) is 11.6 Å². The first-order valence-corrected chi connectivity index (χ1v) is 5.19. The number of hydrogen-bond donors (Lipinski definition) is 1. The number of hydrogen-bond acceptors (Lipinski definition) is 2. The average molecular weight is 308 g/mol. The summed E-state index contributed by atoms with van der Waals surface area (Å²) >= 11 is 8.27. The summed E-state index contributed by atoms with van der Waals surface area (Å²) < 4.78 is 2.96. The van der Waals surface area contributed by atoms with Gasteiger partial charge in [0.1, 0.15) is 11.0 Å². The summed E-state index contributed by atoms with van der Waals surface area (Å²) in [7, 11) is 1.85. The Morgan fingerprint density at radius 3 is 3.00 bits per heavy atom. The SMILES string of the molecule is CNc1cnc2c(I)ccc(Cl)n12. The monoisotopic (exact) mass is 307 g/mol. The minimum absolute atomic E-state index is 0.664. The number of anilines is 1. The molecule has 5 heteroatoms. The molecule has 2 rings (SSSR count). The van der Waals surface area contributed by atoms with Crippen LogP contribution in [0.15, 0.2) is 18.3 Å². The number of aromatic nitrogens is 2. The summed E-state index contributed by atoms with van der Waals surface area (Å²) in [4.78, 5) is 4.26. The van der Waals surface area contributed by atoms with Crippen molar-refractivity contribution in [1.82, 2.24) is 9.38 Å². The Morgan fingerprint density at radius 2 is 2.31 bits per heavy atom. The van der Waals surface area contributed by atoms with Crippen molar-refractivity contribution < 1.29 is 0 Å². The van der Waals surface area contributed by atoms with E-state index < -0.39 is 0 Å². The van der Waals surface area contributed by atoms with Crippen molar-refractivity contribution in [2.75, 3.05) is 12.4 Å². The van der Waals surface area contributed by atoms with Crippen LogP contribution in [-0.2, 0) is 0 Å². The molecular formula is C8H7ClIN3. The molecule has 0 aromatic carbocycles. The van der Waals surface area contributed by atoms with Crippen LogP contribution < -0.4 is 5.32 Å². The summed E-state index contributed by atoms with van der Waals surface area (Å²) in [6, 6.07) is 3.81. The summed E-state index contributed by atoms with van der Waals surface area (Å²) in [5.74, 6) is 0.901. The molecule has 0 unspecified atom stereocenters. The third-order valence-corrected chi connectivity index (χ3v) is 2.95. The van der Waals surface area contributed by atoms with E-state index in [9.17, 15) is 0 Å². The highest BCUT2D eigenvalue weighted by Gasteiger charge is 2.07. The van der Waals surface area contributed by atoms with Crippen molar-refractivity contribution in [2.24, 2.45) is 0 Å². The predicted octanol–water partition coefficient (Wildman–Crippen LogP) is 2.63.